The van der Waals surface area contributed by atoms with Crippen molar-refractivity contribution < 1.29 is 4.79 Å². The SMILES string of the molecule is CNCC1CCN(C(=O)C2(CC(C)C)CCC2)C1.Cl. The second kappa shape index (κ2) is 6.94. The fraction of sp³-hybridized carbons (Fsp3) is 0.933. The Morgan fingerprint density at radius 2 is 2.11 bits per heavy atom. The Bertz CT molecular complexity index is 303. The van der Waals surface area contributed by atoms with Crippen LogP contribution in [-0.4, -0.2) is 37.5 Å². The van der Waals surface area contributed by atoms with E-state index in [9.17, 15) is 4.79 Å². The second-order valence-corrected chi connectivity index (χ2v) is 6.70. The molecule has 2 fully saturated rings. The standard InChI is InChI=1S/C15H28N2O.ClH/c1-12(2)9-15(6-4-7-15)14(18)17-8-5-13(11-17)10-16-3;/h12-13,16H,4-11H2,1-3H3;1H. The summed E-state index contributed by atoms with van der Waals surface area (Å²) in [7, 11) is 2.00. The highest BCUT2D eigenvalue weighted by Crippen LogP contribution is 2.47. The predicted octanol–water partition coefficient (Wildman–Crippen LogP) is 2.69. The van der Waals surface area contributed by atoms with Crippen LogP contribution in [-0.2, 0) is 4.79 Å². The molecule has 4 heteroatoms. The van der Waals surface area contributed by atoms with Crippen molar-refractivity contribution >= 4 is 18.3 Å². The molecule has 19 heavy (non-hydrogen) atoms. The maximum atomic E-state index is 12.7. The molecule has 1 aliphatic carbocycles. The molecule has 2 rings (SSSR count). The fourth-order valence-electron chi connectivity index (χ4n) is 3.70. The first-order valence-electron chi connectivity index (χ1n) is 7.51. The second-order valence-electron chi connectivity index (χ2n) is 6.70. The van der Waals surface area contributed by atoms with E-state index < -0.39 is 0 Å². The van der Waals surface area contributed by atoms with Gasteiger partial charge in [-0.05, 0) is 51.1 Å². The number of nitrogens with zero attached hydrogens (tertiary/aromatic N) is 1. The molecule has 1 unspecified atom stereocenters. The van der Waals surface area contributed by atoms with Crippen LogP contribution in [0.1, 0.15) is 46.0 Å². The zero-order chi connectivity index (χ0) is 13.2. The van der Waals surface area contributed by atoms with Crippen molar-refractivity contribution in [2.24, 2.45) is 17.3 Å². The molecular formula is C15H29ClN2O. The number of hydrogen-bond donors (Lipinski definition) is 1. The summed E-state index contributed by atoms with van der Waals surface area (Å²) in [5, 5.41) is 3.23. The third-order valence-corrected chi connectivity index (χ3v) is 4.63. The van der Waals surface area contributed by atoms with Crippen molar-refractivity contribution in [1.29, 1.82) is 0 Å². The molecule has 0 aromatic rings. The highest BCUT2D eigenvalue weighted by molar-refractivity contribution is 5.85. The molecule has 1 atom stereocenters. The van der Waals surface area contributed by atoms with Gasteiger partial charge in [0.25, 0.3) is 0 Å². The van der Waals surface area contributed by atoms with E-state index in [1.54, 1.807) is 0 Å². The zero-order valence-corrected chi connectivity index (χ0v) is 13.4. The Morgan fingerprint density at radius 3 is 2.58 bits per heavy atom. The summed E-state index contributed by atoms with van der Waals surface area (Å²) in [4.78, 5) is 14.9. The van der Waals surface area contributed by atoms with Gasteiger partial charge in [0.1, 0.15) is 0 Å². The van der Waals surface area contributed by atoms with Gasteiger partial charge in [-0.2, -0.15) is 0 Å². The molecule has 2 aliphatic rings. The molecule has 1 N–H and O–H groups in total. The minimum absolute atomic E-state index is 0. The van der Waals surface area contributed by atoms with Gasteiger partial charge in [-0.25, -0.2) is 0 Å². The van der Waals surface area contributed by atoms with Crippen molar-refractivity contribution in [2.45, 2.75) is 46.0 Å². The summed E-state index contributed by atoms with van der Waals surface area (Å²) in [6.07, 6.45) is 5.74. The lowest BCUT2D eigenvalue weighted by Gasteiger charge is -2.44. The number of carbonyl (C=O) groups excluding carboxylic acids is 1. The quantitative estimate of drug-likeness (QED) is 0.844. The minimum Gasteiger partial charge on any atom is -0.342 e. The molecule has 112 valence electrons. The first-order valence-corrected chi connectivity index (χ1v) is 7.51. The minimum atomic E-state index is 0. The van der Waals surface area contributed by atoms with E-state index in [2.05, 4.69) is 24.1 Å². The van der Waals surface area contributed by atoms with E-state index in [1.807, 2.05) is 7.05 Å². The summed E-state index contributed by atoms with van der Waals surface area (Å²) in [6, 6.07) is 0. The lowest BCUT2D eigenvalue weighted by atomic mass is 9.63. The third-order valence-electron chi connectivity index (χ3n) is 4.63. The van der Waals surface area contributed by atoms with Crippen molar-refractivity contribution in [3.63, 3.8) is 0 Å². The number of rotatable bonds is 5. The first kappa shape index (κ1) is 16.8. The maximum absolute atomic E-state index is 12.7. The molecular weight excluding hydrogens is 260 g/mol. The van der Waals surface area contributed by atoms with Gasteiger partial charge in [0, 0.05) is 18.5 Å². The Balaban J connectivity index is 0.00000180. The van der Waals surface area contributed by atoms with Crippen molar-refractivity contribution in [2.75, 3.05) is 26.7 Å². The topological polar surface area (TPSA) is 32.3 Å². The number of amides is 1. The Labute approximate surface area is 123 Å². The predicted molar refractivity (Wildman–Crippen MR) is 81.6 cm³/mol. The third kappa shape index (κ3) is 3.63. The number of carbonyl (C=O) groups is 1. The highest BCUT2D eigenvalue weighted by Gasteiger charge is 2.47. The van der Waals surface area contributed by atoms with E-state index in [0.29, 0.717) is 17.7 Å². The van der Waals surface area contributed by atoms with E-state index >= 15 is 0 Å². The Morgan fingerprint density at radius 1 is 1.42 bits per heavy atom. The number of likely N-dealkylation sites (tertiary alicyclic amines) is 1. The van der Waals surface area contributed by atoms with Crippen LogP contribution in [0.2, 0.25) is 0 Å². The molecule has 1 heterocycles. The smallest absolute Gasteiger partial charge is 0.228 e. The molecule has 1 saturated carbocycles. The van der Waals surface area contributed by atoms with Crippen molar-refractivity contribution in [1.82, 2.24) is 10.2 Å². The zero-order valence-electron chi connectivity index (χ0n) is 12.6. The van der Waals surface area contributed by atoms with E-state index in [-0.39, 0.29) is 17.8 Å². The number of hydrogen-bond acceptors (Lipinski definition) is 2. The van der Waals surface area contributed by atoms with Gasteiger partial charge in [0.05, 0.1) is 0 Å². The van der Waals surface area contributed by atoms with Crippen LogP contribution in [0, 0.1) is 17.3 Å². The van der Waals surface area contributed by atoms with Crippen LogP contribution < -0.4 is 5.32 Å². The normalized spacial score (nSPS) is 25.1. The molecule has 1 saturated heterocycles. The van der Waals surface area contributed by atoms with Crippen LogP contribution >= 0.6 is 12.4 Å². The highest BCUT2D eigenvalue weighted by atomic mass is 35.5. The summed E-state index contributed by atoms with van der Waals surface area (Å²) in [6.45, 7) is 7.47. The maximum Gasteiger partial charge on any atom is 0.228 e. The molecule has 1 amide bonds. The van der Waals surface area contributed by atoms with Crippen LogP contribution in [0.5, 0.6) is 0 Å². The Hall–Kier alpha value is -0.280. The summed E-state index contributed by atoms with van der Waals surface area (Å²) in [5.74, 6) is 1.75. The Kier molecular flexibility index (Phi) is 6.13. The molecule has 0 bridgehead atoms. The molecule has 0 spiro atoms. The van der Waals surface area contributed by atoms with E-state index in [0.717, 1.165) is 38.9 Å². The lowest BCUT2D eigenvalue weighted by Crippen LogP contribution is -2.48. The summed E-state index contributed by atoms with van der Waals surface area (Å²) in [5.41, 5.74) is 0.0166. The molecule has 0 radical (unpaired) electrons. The largest absolute Gasteiger partial charge is 0.342 e. The van der Waals surface area contributed by atoms with Gasteiger partial charge < -0.3 is 10.2 Å². The number of nitrogens with one attached hydrogen (secondary N) is 1. The average Bonchev–Trinajstić information content (AvgIpc) is 2.71. The molecule has 3 nitrogen and oxygen atoms in total. The van der Waals surface area contributed by atoms with Crippen molar-refractivity contribution in [3.8, 4) is 0 Å². The van der Waals surface area contributed by atoms with Gasteiger partial charge in [-0.15, -0.1) is 12.4 Å². The van der Waals surface area contributed by atoms with Gasteiger partial charge in [-0.3, -0.25) is 4.79 Å². The van der Waals surface area contributed by atoms with Crippen LogP contribution in [0.3, 0.4) is 0 Å². The van der Waals surface area contributed by atoms with Crippen LogP contribution in [0.4, 0.5) is 0 Å². The molecule has 0 aromatic heterocycles. The van der Waals surface area contributed by atoms with Gasteiger partial charge in [0.2, 0.25) is 5.91 Å². The van der Waals surface area contributed by atoms with Gasteiger partial charge in [-0.1, -0.05) is 20.3 Å². The summed E-state index contributed by atoms with van der Waals surface area (Å²) >= 11 is 0. The molecule has 1 aliphatic heterocycles. The van der Waals surface area contributed by atoms with E-state index in [1.165, 1.54) is 12.8 Å². The first-order chi connectivity index (χ1) is 8.57. The van der Waals surface area contributed by atoms with Gasteiger partial charge in [0.15, 0.2) is 0 Å². The number of halogens is 1. The average molecular weight is 289 g/mol. The van der Waals surface area contributed by atoms with Gasteiger partial charge >= 0.3 is 0 Å². The van der Waals surface area contributed by atoms with E-state index in [4.69, 9.17) is 0 Å². The lowest BCUT2D eigenvalue weighted by molar-refractivity contribution is -0.148. The molecule has 0 aromatic carbocycles. The van der Waals surface area contributed by atoms with Crippen LogP contribution in [0.15, 0.2) is 0 Å². The monoisotopic (exact) mass is 288 g/mol. The summed E-state index contributed by atoms with van der Waals surface area (Å²) < 4.78 is 0. The van der Waals surface area contributed by atoms with Crippen LogP contribution in [0.25, 0.3) is 0 Å². The fourth-order valence-corrected chi connectivity index (χ4v) is 3.70. The van der Waals surface area contributed by atoms with Crippen molar-refractivity contribution in [3.05, 3.63) is 0 Å².